The predicted molar refractivity (Wildman–Crippen MR) is 76.6 cm³/mol. The monoisotopic (exact) mass is 275 g/mol. The summed E-state index contributed by atoms with van der Waals surface area (Å²) in [6, 6.07) is 1.95. The molecular weight excluding hydrogens is 254 g/mol. The minimum absolute atomic E-state index is 0.0650. The van der Waals surface area contributed by atoms with Gasteiger partial charge in [0, 0.05) is 36.8 Å². The summed E-state index contributed by atoms with van der Waals surface area (Å²) < 4.78 is 5.19. The zero-order valence-corrected chi connectivity index (χ0v) is 12.2. The van der Waals surface area contributed by atoms with E-state index in [0.29, 0.717) is 11.8 Å². The van der Waals surface area contributed by atoms with Crippen molar-refractivity contribution in [3.8, 4) is 5.88 Å². The highest BCUT2D eigenvalue weighted by Gasteiger charge is 2.46. The maximum absolute atomic E-state index is 12.2. The summed E-state index contributed by atoms with van der Waals surface area (Å²) in [5, 5.41) is 0. The first-order valence-corrected chi connectivity index (χ1v) is 7.14. The molecule has 3 rings (SSSR count). The van der Waals surface area contributed by atoms with Crippen molar-refractivity contribution < 1.29 is 9.53 Å². The van der Waals surface area contributed by atoms with Gasteiger partial charge in [-0.1, -0.05) is 6.92 Å². The number of fused-ring (bicyclic) bond motifs is 1. The number of aromatic nitrogens is 1. The zero-order valence-electron chi connectivity index (χ0n) is 12.2. The summed E-state index contributed by atoms with van der Waals surface area (Å²) >= 11 is 0. The summed E-state index contributed by atoms with van der Waals surface area (Å²) in [6.07, 6.45) is 4.11. The third-order valence-electron chi connectivity index (χ3n) is 4.56. The molecule has 1 aliphatic heterocycles. The van der Waals surface area contributed by atoms with Crippen molar-refractivity contribution in [2.45, 2.75) is 38.8 Å². The van der Waals surface area contributed by atoms with E-state index in [2.05, 4.69) is 11.9 Å². The normalized spacial score (nSPS) is 29.0. The van der Waals surface area contributed by atoms with Crippen molar-refractivity contribution in [1.29, 1.82) is 0 Å². The second-order valence-corrected chi connectivity index (χ2v) is 5.89. The molecule has 108 valence electrons. The van der Waals surface area contributed by atoms with Crippen LogP contribution in [0.2, 0.25) is 0 Å². The Morgan fingerprint density at radius 3 is 2.75 bits per heavy atom. The second-order valence-electron chi connectivity index (χ2n) is 5.89. The molecule has 0 aromatic carbocycles. The molecule has 20 heavy (non-hydrogen) atoms. The Labute approximate surface area is 119 Å². The van der Waals surface area contributed by atoms with Gasteiger partial charge in [-0.3, -0.25) is 4.79 Å². The Morgan fingerprint density at radius 1 is 1.50 bits per heavy atom. The molecule has 2 aliphatic rings. The van der Waals surface area contributed by atoms with Gasteiger partial charge >= 0.3 is 0 Å². The smallest absolute Gasteiger partial charge is 0.224 e. The van der Waals surface area contributed by atoms with Gasteiger partial charge in [-0.2, -0.15) is 0 Å². The van der Waals surface area contributed by atoms with E-state index in [-0.39, 0.29) is 23.9 Å². The van der Waals surface area contributed by atoms with Gasteiger partial charge in [0.1, 0.15) is 0 Å². The van der Waals surface area contributed by atoms with Crippen LogP contribution in [0.3, 0.4) is 0 Å². The standard InChI is InChI=1S/C15H21N3O2/c1-8-14(16)11-7-17-13(20-3)6-12(11)18(9(2)19)15(8)10-4-5-10/h6-8,10,14-15H,4-5,16H2,1-3H3/t8-,14-,15?/m1/s1. The average Bonchev–Trinajstić information content (AvgIpc) is 3.25. The van der Waals surface area contributed by atoms with E-state index < -0.39 is 0 Å². The van der Waals surface area contributed by atoms with Crippen LogP contribution in [0.25, 0.3) is 0 Å². The second kappa shape index (κ2) is 4.74. The molecule has 0 radical (unpaired) electrons. The number of pyridine rings is 1. The summed E-state index contributed by atoms with van der Waals surface area (Å²) in [6.45, 7) is 3.76. The van der Waals surface area contributed by atoms with E-state index >= 15 is 0 Å². The lowest BCUT2D eigenvalue weighted by molar-refractivity contribution is -0.117. The number of carbonyl (C=O) groups is 1. The van der Waals surface area contributed by atoms with Crippen molar-refractivity contribution in [3.63, 3.8) is 0 Å². The number of nitrogens with two attached hydrogens (primary N) is 1. The van der Waals surface area contributed by atoms with Crippen LogP contribution in [0.5, 0.6) is 5.88 Å². The molecule has 1 fully saturated rings. The van der Waals surface area contributed by atoms with Gasteiger partial charge in [0.2, 0.25) is 11.8 Å². The quantitative estimate of drug-likeness (QED) is 0.894. The summed E-state index contributed by atoms with van der Waals surface area (Å²) in [5.74, 6) is 1.41. The molecule has 1 unspecified atom stereocenters. The Morgan fingerprint density at radius 2 is 2.20 bits per heavy atom. The van der Waals surface area contributed by atoms with E-state index in [1.54, 1.807) is 20.2 Å². The summed E-state index contributed by atoms with van der Waals surface area (Å²) in [4.78, 5) is 18.3. The van der Waals surface area contributed by atoms with Crippen molar-refractivity contribution >= 4 is 11.6 Å². The Hall–Kier alpha value is -1.62. The predicted octanol–water partition coefficient (Wildman–Crippen LogP) is 1.87. The largest absolute Gasteiger partial charge is 0.481 e. The number of nitrogens with zero attached hydrogens (tertiary/aromatic N) is 2. The lowest BCUT2D eigenvalue weighted by Gasteiger charge is -2.44. The third-order valence-corrected chi connectivity index (χ3v) is 4.56. The molecule has 0 saturated heterocycles. The Balaban J connectivity index is 2.12. The highest BCUT2D eigenvalue weighted by molar-refractivity contribution is 5.94. The van der Waals surface area contributed by atoms with E-state index in [0.717, 1.165) is 11.3 Å². The molecule has 1 aromatic heterocycles. The fourth-order valence-electron chi connectivity index (χ4n) is 3.36. The summed E-state index contributed by atoms with van der Waals surface area (Å²) in [5.41, 5.74) is 8.18. The van der Waals surface area contributed by atoms with Gasteiger partial charge < -0.3 is 15.4 Å². The van der Waals surface area contributed by atoms with Gasteiger partial charge in [-0.25, -0.2) is 4.98 Å². The number of hydrogen-bond acceptors (Lipinski definition) is 4. The van der Waals surface area contributed by atoms with Gasteiger partial charge in [-0.15, -0.1) is 0 Å². The number of methoxy groups -OCH3 is 1. The first kappa shape index (κ1) is 13.4. The fourth-order valence-corrected chi connectivity index (χ4v) is 3.36. The van der Waals surface area contributed by atoms with Gasteiger partial charge in [0.15, 0.2) is 0 Å². The van der Waals surface area contributed by atoms with Crippen LogP contribution >= 0.6 is 0 Å². The number of amides is 1. The van der Waals surface area contributed by atoms with Crippen molar-refractivity contribution in [1.82, 2.24) is 4.98 Å². The summed E-state index contributed by atoms with van der Waals surface area (Å²) in [7, 11) is 1.58. The average molecular weight is 275 g/mol. The Kier molecular flexibility index (Phi) is 3.17. The molecule has 1 amide bonds. The van der Waals surface area contributed by atoms with Crippen LogP contribution in [-0.4, -0.2) is 24.0 Å². The van der Waals surface area contributed by atoms with E-state index in [4.69, 9.17) is 10.5 Å². The molecular formula is C15H21N3O2. The van der Waals surface area contributed by atoms with Crippen molar-refractivity contribution in [2.24, 2.45) is 17.6 Å². The topological polar surface area (TPSA) is 68.5 Å². The first-order chi connectivity index (χ1) is 9.54. The molecule has 5 heteroatoms. The van der Waals surface area contributed by atoms with Crippen LogP contribution in [0.15, 0.2) is 12.3 Å². The van der Waals surface area contributed by atoms with E-state index in [1.165, 1.54) is 12.8 Å². The molecule has 2 heterocycles. The maximum Gasteiger partial charge on any atom is 0.224 e. The number of anilines is 1. The SMILES string of the molecule is COc1cc2c(cn1)[C@H](N)[C@@H](C)C(C1CC1)N2C(C)=O. The van der Waals surface area contributed by atoms with Gasteiger partial charge in [0.05, 0.1) is 12.8 Å². The molecule has 1 aliphatic carbocycles. The third kappa shape index (κ3) is 1.97. The Bertz CT molecular complexity index is 542. The molecule has 0 spiro atoms. The number of ether oxygens (including phenoxy) is 1. The molecule has 0 bridgehead atoms. The molecule has 1 saturated carbocycles. The van der Waals surface area contributed by atoms with Crippen molar-refractivity contribution in [2.75, 3.05) is 12.0 Å². The van der Waals surface area contributed by atoms with Crippen LogP contribution in [0.4, 0.5) is 5.69 Å². The maximum atomic E-state index is 12.2. The highest BCUT2D eigenvalue weighted by Crippen LogP contribution is 2.48. The van der Waals surface area contributed by atoms with Crippen LogP contribution in [-0.2, 0) is 4.79 Å². The van der Waals surface area contributed by atoms with Crippen LogP contribution in [0, 0.1) is 11.8 Å². The van der Waals surface area contributed by atoms with E-state index in [1.807, 2.05) is 11.0 Å². The lowest BCUT2D eigenvalue weighted by Crippen LogP contribution is -2.51. The van der Waals surface area contributed by atoms with Crippen LogP contribution < -0.4 is 15.4 Å². The number of hydrogen-bond donors (Lipinski definition) is 1. The highest BCUT2D eigenvalue weighted by atomic mass is 16.5. The van der Waals surface area contributed by atoms with E-state index in [9.17, 15) is 4.79 Å². The number of rotatable bonds is 2. The minimum Gasteiger partial charge on any atom is -0.481 e. The molecule has 3 atom stereocenters. The zero-order chi connectivity index (χ0) is 14.4. The fraction of sp³-hybridized carbons (Fsp3) is 0.600. The minimum atomic E-state index is -0.0791. The van der Waals surface area contributed by atoms with Crippen molar-refractivity contribution in [3.05, 3.63) is 17.8 Å². The molecule has 2 N–H and O–H groups in total. The lowest BCUT2D eigenvalue weighted by atomic mass is 9.81. The molecule has 1 aromatic rings. The van der Waals surface area contributed by atoms with Crippen LogP contribution in [0.1, 0.15) is 38.3 Å². The number of carbonyl (C=O) groups excluding carboxylic acids is 1. The van der Waals surface area contributed by atoms with Gasteiger partial charge in [0.25, 0.3) is 0 Å². The molecule has 5 nitrogen and oxygen atoms in total. The first-order valence-electron chi connectivity index (χ1n) is 7.14. The van der Waals surface area contributed by atoms with Gasteiger partial charge in [-0.05, 0) is 24.7 Å².